The molecule has 2 heteroatoms. The van der Waals surface area contributed by atoms with Crippen LogP contribution in [0.25, 0.3) is 0 Å². The Bertz CT molecular complexity index is 901. The predicted octanol–water partition coefficient (Wildman–Crippen LogP) is 7.02. The van der Waals surface area contributed by atoms with Crippen LogP contribution in [0.5, 0.6) is 5.75 Å². The first-order valence-corrected chi connectivity index (χ1v) is 11.3. The molecule has 1 aliphatic rings. The molecule has 144 valence electrons. The SMILES string of the molecule is Cc1ccc2c(c1)CC[C@@H](c1ccccc1)[C@H]2c1ccc(OCCCBr)cc1. The molecule has 0 bridgehead atoms. The number of benzene rings is 3. The van der Waals surface area contributed by atoms with Crippen LogP contribution in [0.4, 0.5) is 0 Å². The summed E-state index contributed by atoms with van der Waals surface area (Å²) in [6.45, 7) is 2.94. The second kappa shape index (κ2) is 8.96. The highest BCUT2D eigenvalue weighted by molar-refractivity contribution is 9.09. The third-order valence-electron chi connectivity index (χ3n) is 5.77. The average molecular weight is 435 g/mol. The molecule has 0 saturated carbocycles. The molecule has 0 aromatic heterocycles. The van der Waals surface area contributed by atoms with E-state index in [1.165, 1.54) is 34.2 Å². The van der Waals surface area contributed by atoms with Crippen molar-refractivity contribution in [3.05, 3.63) is 101 Å². The van der Waals surface area contributed by atoms with Crippen molar-refractivity contribution in [1.82, 2.24) is 0 Å². The van der Waals surface area contributed by atoms with Gasteiger partial charge in [0.2, 0.25) is 0 Å². The smallest absolute Gasteiger partial charge is 0.119 e. The molecule has 0 heterocycles. The predicted molar refractivity (Wildman–Crippen MR) is 121 cm³/mol. The lowest BCUT2D eigenvalue weighted by Gasteiger charge is -2.35. The first-order chi connectivity index (χ1) is 13.8. The van der Waals surface area contributed by atoms with Gasteiger partial charge in [0.05, 0.1) is 6.61 Å². The first kappa shape index (κ1) is 19.3. The fourth-order valence-electron chi connectivity index (χ4n) is 4.44. The van der Waals surface area contributed by atoms with Gasteiger partial charge in [-0.1, -0.05) is 82.2 Å². The minimum atomic E-state index is 0.392. The summed E-state index contributed by atoms with van der Waals surface area (Å²) in [4.78, 5) is 0. The number of rotatable bonds is 6. The van der Waals surface area contributed by atoms with E-state index in [4.69, 9.17) is 4.74 Å². The summed E-state index contributed by atoms with van der Waals surface area (Å²) in [7, 11) is 0. The van der Waals surface area contributed by atoms with Crippen molar-refractivity contribution < 1.29 is 4.74 Å². The maximum Gasteiger partial charge on any atom is 0.119 e. The molecule has 0 unspecified atom stereocenters. The molecule has 0 aliphatic heterocycles. The number of hydrogen-bond acceptors (Lipinski definition) is 1. The Hall–Kier alpha value is -2.06. The highest BCUT2D eigenvalue weighted by atomic mass is 79.9. The molecular weight excluding hydrogens is 408 g/mol. The zero-order chi connectivity index (χ0) is 19.3. The van der Waals surface area contributed by atoms with Crippen molar-refractivity contribution in [2.45, 2.75) is 38.0 Å². The van der Waals surface area contributed by atoms with Gasteiger partial charge in [-0.05, 0) is 66.5 Å². The molecule has 1 nitrogen and oxygen atoms in total. The second-order valence-electron chi connectivity index (χ2n) is 7.70. The van der Waals surface area contributed by atoms with Crippen molar-refractivity contribution in [1.29, 1.82) is 0 Å². The second-order valence-corrected chi connectivity index (χ2v) is 8.49. The number of aryl methyl sites for hydroxylation is 2. The zero-order valence-electron chi connectivity index (χ0n) is 16.4. The number of hydrogen-bond donors (Lipinski definition) is 0. The lowest BCUT2D eigenvalue weighted by molar-refractivity contribution is 0.319. The fraction of sp³-hybridized carbons (Fsp3) is 0.308. The summed E-state index contributed by atoms with van der Waals surface area (Å²) in [6.07, 6.45) is 3.36. The highest BCUT2D eigenvalue weighted by Gasteiger charge is 2.31. The molecule has 0 saturated heterocycles. The van der Waals surface area contributed by atoms with Gasteiger partial charge in [0, 0.05) is 11.2 Å². The van der Waals surface area contributed by atoms with E-state index in [2.05, 4.69) is 95.7 Å². The summed E-state index contributed by atoms with van der Waals surface area (Å²) in [5.74, 6) is 1.86. The maximum atomic E-state index is 5.86. The molecule has 0 spiro atoms. The van der Waals surface area contributed by atoms with E-state index in [0.29, 0.717) is 11.8 Å². The molecule has 3 aromatic rings. The molecule has 0 fully saturated rings. The van der Waals surface area contributed by atoms with Crippen LogP contribution in [0.1, 0.15) is 52.5 Å². The molecule has 28 heavy (non-hydrogen) atoms. The van der Waals surface area contributed by atoms with Crippen LogP contribution in [0, 0.1) is 6.92 Å². The minimum Gasteiger partial charge on any atom is -0.494 e. The van der Waals surface area contributed by atoms with E-state index in [-0.39, 0.29) is 0 Å². The molecule has 0 radical (unpaired) electrons. The van der Waals surface area contributed by atoms with Gasteiger partial charge < -0.3 is 4.74 Å². The standard InChI is InChI=1S/C26H27BrO/c1-19-8-14-25-22(18-19)11-15-24(20-6-3-2-4-7-20)26(25)21-9-12-23(13-10-21)28-17-5-16-27/h2-4,6-10,12-14,18,24,26H,5,11,15-17H2,1H3/t24-,26+/m0/s1. The van der Waals surface area contributed by atoms with E-state index in [1.807, 2.05) is 0 Å². The topological polar surface area (TPSA) is 9.23 Å². The molecule has 4 rings (SSSR count). The number of halogens is 1. The maximum absolute atomic E-state index is 5.86. The number of alkyl halides is 1. The van der Waals surface area contributed by atoms with Crippen LogP contribution < -0.4 is 4.74 Å². The minimum absolute atomic E-state index is 0.392. The summed E-state index contributed by atoms with van der Waals surface area (Å²) in [5.41, 5.74) is 7.17. The Morgan fingerprint density at radius 1 is 0.929 bits per heavy atom. The van der Waals surface area contributed by atoms with E-state index >= 15 is 0 Å². The van der Waals surface area contributed by atoms with Gasteiger partial charge in [0.15, 0.2) is 0 Å². The van der Waals surface area contributed by atoms with Crippen molar-refractivity contribution in [3.8, 4) is 5.75 Å². The molecule has 3 aromatic carbocycles. The largest absolute Gasteiger partial charge is 0.494 e. The van der Waals surface area contributed by atoms with E-state index in [9.17, 15) is 0 Å². The van der Waals surface area contributed by atoms with Crippen LogP contribution in [-0.4, -0.2) is 11.9 Å². The Labute approximate surface area is 176 Å². The lowest BCUT2D eigenvalue weighted by Crippen LogP contribution is -2.20. The van der Waals surface area contributed by atoms with Crippen LogP contribution in [0.3, 0.4) is 0 Å². The lowest BCUT2D eigenvalue weighted by atomic mass is 9.69. The van der Waals surface area contributed by atoms with Gasteiger partial charge in [-0.3, -0.25) is 0 Å². The molecule has 2 atom stereocenters. The van der Waals surface area contributed by atoms with Crippen LogP contribution >= 0.6 is 15.9 Å². The van der Waals surface area contributed by atoms with Crippen LogP contribution in [0.2, 0.25) is 0 Å². The summed E-state index contributed by atoms with van der Waals surface area (Å²) < 4.78 is 5.86. The highest BCUT2D eigenvalue weighted by Crippen LogP contribution is 2.46. The summed E-state index contributed by atoms with van der Waals surface area (Å²) in [6, 6.07) is 26.8. The van der Waals surface area contributed by atoms with Gasteiger partial charge in [0.25, 0.3) is 0 Å². The van der Waals surface area contributed by atoms with Crippen LogP contribution in [-0.2, 0) is 6.42 Å². The number of fused-ring (bicyclic) bond motifs is 1. The third-order valence-corrected chi connectivity index (χ3v) is 6.33. The molecular formula is C26H27BrO. The molecule has 0 amide bonds. The first-order valence-electron chi connectivity index (χ1n) is 10.2. The Balaban J connectivity index is 1.69. The Morgan fingerprint density at radius 3 is 2.46 bits per heavy atom. The van der Waals surface area contributed by atoms with Crippen LogP contribution in [0.15, 0.2) is 72.8 Å². The Kier molecular flexibility index (Phi) is 6.17. The fourth-order valence-corrected chi connectivity index (χ4v) is 4.66. The van der Waals surface area contributed by atoms with Crippen molar-refractivity contribution in [3.63, 3.8) is 0 Å². The van der Waals surface area contributed by atoms with E-state index in [0.717, 1.165) is 30.5 Å². The van der Waals surface area contributed by atoms with E-state index in [1.54, 1.807) is 0 Å². The zero-order valence-corrected chi connectivity index (χ0v) is 18.0. The molecule has 1 aliphatic carbocycles. The quantitative estimate of drug-likeness (QED) is 0.299. The third kappa shape index (κ3) is 4.17. The average Bonchev–Trinajstić information content (AvgIpc) is 2.74. The van der Waals surface area contributed by atoms with Crippen molar-refractivity contribution in [2.24, 2.45) is 0 Å². The van der Waals surface area contributed by atoms with Gasteiger partial charge in [-0.25, -0.2) is 0 Å². The Morgan fingerprint density at radius 2 is 1.71 bits per heavy atom. The normalized spacial score (nSPS) is 18.5. The summed E-state index contributed by atoms with van der Waals surface area (Å²) in [5, 5.41) is 0.974. The van der Waals surface area contributed by atoms with Gasteiger partial charge in [-0.2, -0.15) is 0 Å². The summed E-state index contributed by atoms with van der Waals surface area (Å²) >= 11 is 3.46. The van der Waals surface area contributed by atoms with Gasteiger partial charge in [0.1, 0.15) is 5.75 Å². The van der Waals surface area contributed by atoms with Gasteiger partial charge in [-0.15, -0.1) is 0 Å². The number of ether oxygens (including phenoxy) is 1. The van der Waals surface area contributed by atoms with Gasteiger partial charge >= 0.3 is 0 Å². The van der Waals surface area contributed by atoms with E-state index < -0.39 is 0 Å². The van der Waals surface area contributed by atoms with Crippen molar-refractivity contribution >= 4 is 15.9 Å². The molecule has 0 N–H and O–H groups in total. The monoisotopic (exact) mass is 434 g/mol. The van der Waals surface area contributed by atoms with Crippen molar-refractivity contribution in [2.75, 3.05) is 11.9 Å².